The zero-order valence-electron chi connectivity index (χ0n) is 34.1. The summed E-state index contributed by atoms with van der Waals surface area (Å²) >= 11 is 0. The molecule has 314 valence electrons. The molecule has 4 atom stereocenters. The third kappa shape index (κ3) is 15.7. The lowest BCUT2D eigenvalue weighted by Crippen LogP contribution is -2.57. The topological polar surface area (TPSA) is 192 Å². The van der Waals surface area contributed by atoms with E-state index in [2.05, 4.69) is 26.8 Å². The molecule has 6 N–H and O–H groups in total. The summed E-state index contributed by atoms with van der Waals surface area (Å²) in [6.45, 7) is 5.77. The van der Waals surface area contributed by atoms with Gasteiger partial charge in [0.05, 0.1) is 18.6 Å². The van der Waals surface area contributed by atoms with Gasteiger partial charge in [0.15, 0.2) is 5.78 Å². The fourth-order valence-corrected chi connectivity index (χ4v) is 6.62. The van der Waals surface area contributed by atoms with Crippen molar-refractivity contribution in [1.29, 1.82) is 0 Å². The van der Waals surface area contributed by atoms with Crippen LogP contribution in [0.25, 0.3) is 10.8 Å². The number of hydrogen-bond donors (Lipinski definition) is 6. The van der Waals surface area contributed by atoms with Crippen LogP contribution in [0.4, 0.5) is 4.79 Å². The van der Waals surface area contributed by atoms with Gasteiger partial charge in [0, 0.05) is 24.8 Å². The van der Waals surface area contributed by atoms with Crippen molar-refractivity contribution >= 4 is 46.3 Å². The summed E-state index contributed by atoms with van der Waals surface area (Å²) in [7, 11) is 0. The molecule has 4 rings (SSSR count). The van der Waals surface area contributed by atoms with Gasteiger partial charge in [-0.1, -0.05) is 137 Å². The smallest absolute Gasteiger partial charge is 0.408 e. The number of benzene rings is 4. The quantitative estimate of drug-likeness (QED) is 0.0422. The Labute approximate surface area is 346 Å². The van der Waals surface area contributed by atoms with Crippen molar-refractivity contribution in [3.63, 3.8) is 0 Å². The highest BCUT2D eigenvalue weighted by atomic mass is 16.5. The Balaban J connectivity index is 1.39. The van der Waals surface area contributed by atoms with Gasteiger partial charge in [-0.2, -0.15) is 0 Å². The Morgan fingerprint density at radius 2 is 1.32 bits per heavy atom. The molecule has 13 heteroatoms. The van der Waals surface area contributed by atoms with Crippen LogP contribution in [-0.2, 0) is 36.9 Å². The van der Waals surface area contributed by atoms with Crippen molar-refractivity contribution in [2.45, 2.75) is 109 Å². The molecule has 0 fully saturated rings. The molecule has 0 heterocycles. The minimum absolute atomic E-state index is 0.00186. The maximum absolute atomic E-state index is 14.1. The van der Waals surface area contributed by atoms with Crippen molar-refractivity contribution < 1.29 is 38.6 Å². The summed E-state index contributed by atoms with van der Waals surface area (Å²) in [5.41, 5.74) is 6.77. The highest BCUT2D eigenvalue weighted by Gasteiger charge is 2.31. The molecule has 0 spiro atoms. The van der Waals surface area contributed by atoms with E-state index in [9.17, 15) is 33.9 Å². The van der Waals surface area contributed by atoms with Crippen molar-refractivity contribution in [3.8, 4) is 0 Å². The number of ketones is 1. The number of carbonyl (C=O) groups is 6. The molecule has 0 saturated heterocycles. The van der Waals surface area contributed by atoms with Crippen LogP contribution in [-0.4, -0.2) is 64.8 Å². The van der Waals surface area contributed by atoms with Gasteiger partial charge in [-0.25, -0.2) is 4.79 Å². The number of rotatable bonds is 22. The Morgan fingerprint density at radius 1 is 0.678 bits per heavy atom. The predicted molar refractivity (Wildman–Crippen MR) is 226 cm³/mol. The molecule has 0 radical (unpaired) electrons. The third-order valence-electron chi connectivity index (χ3n) is 9.76. The number of Topliss-reactive ketones (excluding diaryl/α,β-unsaturated/α-hetero) is 1. The second-order valence-electron chi connectivity index (χ2n) is 15.1. The first-order chi connectivity index (χ1) is 28.4. The number of aliphatic hydroxyl groups excluding tert-OH is 1. The summed E-state index contributed by atoms with van der Waals surface area (Å²) in [5.74, 6) is -2.38. The average molecular weight is 808 g/mol. The van der Waals surface area contributed by atoms with Crippen LogP contribution in [0, 0.1) is 5.92 Å². The zero-order valence-corrected chi connectivity index (χ0v) is 34.1. The Kier molecular flexibility index (Phi) is 18.5. The maximum Gasteiger partial charge on any atom is 0.408 e. The molecule has 0 bridgehead atoms. The van der Waals surface area contributed by atoms with E-state index in [0.29, 0.717) is 18.4 Å². The fraction of sp³-hybridized carbons (Fsp3) is 0.391. The monoisotopic (exact) mass is 807 g/mol. The molecule has 5 amide bonds. The molecule has 4 aromatic carbocycles. The molecule has 0 aromatic heterocycles. The summed E-state index contributed by atoms with van der Waals surface area (Å²) < 4.78 is 5.47. The first kappa shape index (κ1) is 45.6. The molecular weight excluding hydrogens is 751 g/mol. The van der Waals surface area contributed by atoms with Crippen LogP contribution in [0.1, 0.15) is 93.6 Å². The molecule has 0 aliphatic carbocycles. The van der Waals surface area contributed by atoms with E-state index in [4.69, 9.17) is 4.74 Å². The van der Waals surface area contributed by atoms with Crippen LogP contribution < -0.4 is 26.8 Å². The number of ether oxygens (including phenoxy) is 1. The predicted octanol–water partition coefficient (Wildman–Crippen LogP) is 5.83. The first-order valence-electron chi connectivity index (χ1n) is 20.3. The van der Waals surface area contributed by atoms with Gasteiger partial charge in [-0.05, 0) is 47.1 Å². The number of unbranched alkanes of at least 4 members (excludes halogenated alkanes) is 1. The average Bonchev–Trinajstić information content (AvgIpc) is 3.23. The third-order valence-corrected chi connectivity index (χ3v) is 9.76. The van der Waals surface area contributed by atoms with E-state index < -0.39 is 60.4 Å². The molecule has 0 saturated carbocycles. The summed E-state index contributed by atoms with van der Waals surface area (Å²) in [4.78, 5) is 78.6. The Hall–Kier alpha value is -6.08. The van der Waals surface area contributed by atoms with Crippen molar-refractivity contribution in [2.24, 2.45) is 5.92 Å². The normalized spacial score (nSPS) is 13.0. The Morgan fingerprint density at radius 3 is 2.03 bits per heavy atom. The van der Waals surface area contributed by atoms with E-state index in [1.54, 1.807) is 24.3 Å². The number of hydrazine groups is 1. The van der Waals surface area contributed by atoms with Gasteiger partial charge in [0.1, 0.15) is 18.7 Å². The standard InChI is InChI=1S/C46H57N5O8/c1-4-5-24-37(44(56)48-38(27-31(2)3)41(53)29-43(55)51-50-42(54)26-15-25-40(52)34-19-10-7-11-20-34)47-45(57)39(49-46(58)59-30-32-16-8-6-9-17-32)28-35-22-14-21-33-18-12-13-23-36(33)35/h6-14,16-23,31,37-39,41,53H,4-5,15,24-30H2,1-3H3,(H,47,57)(H,48,56)(H,49,58)(H,50,54)(H,51,55)/t37-,38-,39-,41-/m0/s1. The van der Waals surface area contributed by atoms with Crippen molar-refractivity contribution in [3.05, 3.63) is 120 Å². The molecule has 4 aromatic rings. The van der Waals surface area contributed by atoms with Crippen LogP contribution in [0.15, 0.2) is 103 Å². The number of hydrogen-bond acceptors (Lipinski definition) is 8. The van der Waals surface area contributed by atoms with E-state index >= 15 is 0 Å². The molecule has 59 heavy (non-hydrogen) atoms. The van der Waals surface area contributed by atoms with Crippen molar-refractivity contribution in [1.82, 2.24) is 26.8 Å². The molecular formula is C46H57N5O8. The highest BCUT2D eigenvalue weighted by Crippen LogP contribution is 2.21. The minimum Gasteiger partial charge on any atom is -0.445 e. The number of alkyl carbamates (subject to hydrolysis) is 1. The van der Waals surface area contributed by atoms with Crippen LogP contribution >= 0.6 is 0 Å². The lowest BCUT2D eigenvalue weighted by molar-refractivity contribution is -0.132. The fourth-order valence-electron chi connectivity index (χ4n) is 6.62. The van der Waals surface area contributed by atoms with E-state index in [0.717, 1.165) is 28.3 Å². The number of nitrogens with one attached hydrogen (secondary N) is 5. The van der Waals surface area contributed by atoms with Gasteiger partial charge in [-0.15, -0.1) is 0 Å². The SMILES string of the molecule is CCCC[C@H](NC(=O)[C@H](Cc1cccc2ccccc12)NC(=O)OCc1ccccc1)C(=O)N[C@@H](CC(C)C)[C@@H](O)CC(=O)NNC(=O)CCCC(=O)c1ccccc1. The molecule has 0 unspecified atom stereocenters. The molecule has 0 aliphatic heterocycles. The molecule has 13 nitrogen and oxygen atoms in total. The van der Waals surface area contributed by atoms with Gasteiger partial charge < -0.3 is 25.8 Å². The lowest BCUT2D eigenvalue weighted by Gasteiger charge is -2.29. The van der Waals surface area contributed by atoms with Gasteiger partial charge in [-0.3, -0.25) is 34.8 Å². The number of aliphatic hydroxyl groups is 1. The highest BCUT2D eigenvalue weighted by molar-refractivity contribution is 5.96. The van der Waals surface area contributed by atoms with E-state index in [-0.39, 0.29) is 50.4 Å². The summed E-state index contributed by atoms with van der Waals surface area (Å²) in [6, 6.07) is 28.3. The molecule has 0 aliphatic rings. The lowest BCUT2D eigenvalue weighted by atomic mass is 9.96. The number of amides is 5. The second kappa shape index (κ2) is 24.0. The van der Waals surface area contributed by atoms with Gasteiger partial charge in [0.2, 0.25) is 23.6 Å². The first-order valence-corrected chi connectivity index (χ1v) is 20.3. The largest absolute Gasteiger partial charge is 0.445 e. The van der Waals surface area contributed by atoms with Crippen LogP contribution in [0.2, 0.25) is 0 Å². The van der Waals surface area contributed by atoms with Crippen molar-refractivity contribution in [2.75, 3.05) is 0 Å². The summed E-state index contributed by atoms with van der Waals surface area (Å²) in [6.07, 6.45) is -0.0594. The summed E-state index contributed by atoms with van der Waals surface area (Å²) in [5, 5.41) is 21.5. The zero-order chi connectivity index (χ0) is 42.6. The van der Waals surface area contributed by atoms with E-state index in [1.165, 1.54) is 0 Å². The van der Waals surface area contributed by atoms with Crippen LogP contribution in [0.5, 0.6) is 0 Å². The number of fused-ring (bicyclic) bond motifs is 1. The second-order valence-corrected chi connectivity index (χ2v) is 15.1. The maximum atomic E-state index is 14.1. The van der Waals surface area contributed by atoms with Gasteiger partial charge >= 0.3 is 6.09 Å². The van der Waals surface area contributed by atoms with Crippen LogP contribution in [0.3, 0.4) is 0 Å². The Bertz CT molecular complexity index is 1990. The minimum atomic E-state index is -1.33. The number of carbonyl (C=O) groups excluding carboxylic acids is 6. The van der Waals surface area contributed by atoms with Gasteiger partial charge in [0.25, 0.3) is 0 Å². The van der Waals surface area contributed by atoms with E-state index in [1.807, 2.05) is 99.6 Å².